The van der Waals surface area contributed by atoms with Gasteiger partial charge < -0.3 is 19.5 Å². The second-order valence-electron chi connectivity index (χ2n) is 7.27. The molecule has 0 aromatic carbocycles. The van der Waals surface area contributed by atoms with Crippen LogP contribution in [0, 0.1) is 0 Å². The zero-order valence-corrected chi connectivity index (χ0v) is 17.4. The van der Waals surface area contributed by atoms with E-state index in [1.165, 1.54) is 83.5 Å². The fourth-order valence-electron chi connectivity index (χ4n) is 3.03. The molecule has 0 aliphatic carbocycles. The molecule has 0 aromatic rings. The number of hydrogen-bond acceptors (Lipinski definition) is 6. The van der Waals surface area contributed by atoms with Crippen LogP contribution in [0.15, 0.2) is 0 Å². The average molecular weight is 387 g/mol. The summed E-state index contributed by atoms with van der Waals surface area (Å²) in [6, 6.07) is 0. The Balaban J connectivity index is 3.12. The van der Waals surface area contributed by atoms with Gasteiger partial charge in [-0.05, 0) is 6.42 Å². The van der Waals surface area contributed by atoms with Crippen molar-refractivity contribution >= 4 is 13.3 Å². The first-order valence-electron chi connectivity index (χ1n) is 11.1. The van der Waals surface area contributed by atoms with Crippen molar-refractivity contribution in [1.82, 2.24) is 5.48 Å². The van der Waals surface area contributed by atoms with E-state index in [1.807, 2.05) is 0 Å². The monoisotopic (exact) mass is 387 g/mol. The maximum absolute atomic E-state index is 11.4. The van der Waals surface area contributed by atoms with Crippen LogP contribution in [0.2, 0.25) is 0 Å². The first-order chi connectivity index (χ1) is 13.2. The summed E-state index contributed by atoms with van der Waals surface area (Å²) in [5.74, 6) is -0.283. The third-order valence-corrected chi connectivity index (χ3v) is 4.64. The molecule has 0 saturated heterocycles. The van der Waals surface area contributed by atoms with Gasteiger partial charge in [-0.3, -0.25) is 4.79 Å². The molecule has 7 heteroatoms. The molecule has 0 rings (SSSR count). The van der Waals surface area contributed by atoms with E-state index in [0.717, 1.165) is 12.8 Å². The Morgan fingerprint density at radius 3 is 1.67 bits per heavy atom. The van der Waals surface area contributed by atoms with E-state index in [0.29, 0.717) is 6.42 Å². The van der Waals surface area contributed by atoms with Crippen molar-refractivity contribution in [3.63, 3.8) is 0 Å². The lowest BCUT2D eigenvalue weighted by molar-refractivity contribution is -0.151. The molecule has 160 valence electrons. The second-order valence-corrected chi connectivity index (χ2v) is 7.27. The molecular formula is C20H42BNO5. The summed E-state index contributed by atoms with van der Waals surface area (Å²) in [6.45, 7) is 2.55. The zero-order valence-electron chi connectivity index (χ0n) is 17.4. The van der Waals surface area contributed by atoms with Crippen LogP contribution in [0.4, 0.5) is 0 Å². The normalized spacial score (nSPS) is 10.9. The van der Waals surface area contributed by atoms with Crippen LogP contribution in [0.5, 0.6) is 0 Å². The maximum Gasteiger partial charge on any atom is 0.633 e. The van der Waals surface area contributed by atoms with Gasteiger partial charge in [0.2, 0.25) is 0 Å². The average Bonchev–Trinajstić information content (AvgIpc) is 2.64. The first kappa shape index (κ1) is 26.4. The van der Waals surface area contributed by atoms with Crippen molar-refractivity contribution in [2.24, 2.45) is 0 Å². The molecular weight excluding hydrogens is 345 g/mol. The van der Waals surface area contributed by atoms with Gasteiger partial charge in [-0.15, -0.1) is 0 Å². The van der Waals surface area contributed by atoms with Crippen molar-refractivity contribution in [3.05, 3.63) is 0 Å². The van der Waals surface area contributed by atoms with Crippen molar-refractivity contribution < 1.29 is 24.3 Å². The fourth-order valence-corrected chi connectivity index (χ4v) is 3.03. The Bertz CT molecular complexity index is 319. The highest BCUT2D eigenvalue weighted by Crippen LogP contribution is 2.13. The Kier molecular flexibility index (Phi) is 21.2. The molecule has 0 aliphatic rings. The molecule has 0 amide bonds. The third-order valence-electron chi connectivity index (χ3n) is 4.64. The predicted octanol–water partition coefficient (Wildman–Crippen LogP) is 4.28. The van der Waals surface area contributed by atoms with Gasteiger partial charge >= 0.3 is 13.3 Å². The van der Waals surface area contributed by atoms with Crippen LogP contribution in [0.1, 0.15) is 110 Å². The molecule has 27 heavy (non-hydrogen) atoms. The zero-order chi connectivity index (χ0) is 20.0. The van der Waals surface area contributed by atoms with E-state index in [2.05, 4.69) is 17.1 Å². The summed E-state index contributed by atoms with van der Waals surface area (Å²) in [5.41, 5.74) is 2.45. The van der Waals surface area contributed by atoms with Gasteiger partial charge in [-0.25, -0.2) is 0 Å². The summed E-state index contributed by atoms with van der Waals surface area (Å²) in [6.07, 6.45) is 19.9. The number of nitrogens with one attached hydrogen (secondary N) is 1. The highest BCUT2D eigenvalue weighted by Gasteiger charge is 2.07. The minimum Gasteiger partial charge on any atom is -0.402 e. The van der Waals surface area contributed by atoms with Gasteiger partial charge in [0.25, 0.3) is 0 Å². The molecule has 0 unspecified atom stereocenters. The van der Waals surface area contributed by atoms with Crippen LogP contribution in [0.3, 0.4) is 0 Å². The maximum atomic E-state index is 11.4. The minimum absolute atomic E-state index is 0.0594. The summed E-state index contributed by atoms with van der Waals surface area (Å²) < 4.78 is 4.47. The predicted molar refractivity (Wildman–Crippen MR) is 110 cm³/mol. The molecule has 0 heterocycles. The lowest BCUT2D eigenvalue weighted by atomic mass is 10.0. The van der Waals surface area contributed by atoms with Gasteiger partial charge in [-0.2, -0.15) is 5.48 Å². The molecule has 0 aromatic heterocycles. The molecule has 0 fully saturated rings. The number of rotatable bonds is 21. The Morgan fingerprint density at radius 2 is 1.22 bits per heavy atom. The van der Waals surface area contributed by atoms with Crippen LogP contribution < -0.4 is 5.48 Å². The standard InChI is InChI=1S/C20H42BNO5/c1-2-3-4-5-6-7-8-9-10-11-12-13-14-15-16-17-20(23)27-22-18-19-26-21(24)25/h22,24-25H,2-19H2,1H3. The minimum atomic E-state index is -1.79. The second kappa shape index (κ2) is 21.7. The fraction of sp³-hybridized carbons (Fsp3) is 0.950. The van der Waals surface area contributed by atoms with E-state index in [-0.39, 0.29) is 19.1 Å². The summed E-state index contributed by atoms with van der Waals surface area (Å²) in [5, 5.41) is 16.9. The molecule has 0 atom stereocenters. The summed E-state index contributed by atoms with van der Waals surface area (Å²) >= 11 is 0. The molecule has 0 radical (unpaired) electrons. The molecule has 0 aliphatic heterocycles. The number of carbonyl (C=O) groups is 1. The van der Waals surface area contributed by atoms with Crippen molar-refractivity contribution in [1.29, 1.82) is 0 Å². The summed E-state index contributed by atoms with van der Waals surface area (Å²) in [4.78, 5) is 16.3. The topological polar surface area (TPSA) is 88.0 Å². The Labute approximate surface area is 166 Å². The number of hydrogen-bond donors (Lipinski definition) is 3. The third kappa shape index (κ3) is 23.3. The highest BCUT2D eigenvalue weighted by atomic mass is 16.7. The Hall–Kier alpha value is -0.625. The highest BCUT2D eigenvalue weighted by molar-refractivity contribution is 6.32. The van der Waals surface area contributed by atoms with Gasteiger partial charge in [-0.1, -0.05) is 96.8 Å². The van der Waals surface area contributed by atoms with Crippen molar-refractivity contribution in [2.75, 3.05) is 13.2 Å². The SMILES string of the molecule is CCCCCCCCCCCCCCCCCC(=O)ONCCOB(O)O. The van der Waals surface area contributed by atoms with E-state index in [1.54, 1.807) is 0 Å². The van der Waals surface area contributed by atoms with Crippen LogP contribution in [0.25, 0.3) is 0 Å². The van der Waals surface area contributed by atoms with Crippen LogP contribution in [-0.4, -0.2) is 36.5 Å². The van der Waals surface area contributed by atoms with E-state index < -0.39 is 7.32 Å². The van der Waals surface area contributed by atoms with Gasteiger partial charge in [0.05, 0.1) is 6.54 Å². The lowest BCUT2D eigenvalue weighted by Gasteiger charge is -2.06. The quantitative estimate of drug-likeness (QED) is 0.155. The number of hydroxylamine groups is 1. The van der Waals surface area contributed by atoms with Crippen molar-refractivity contribution in [2.45, 2.75) is 110 Å². The van der Waals surface area contributed by atoms with Crippen molar-refractivity contribution in [3.8, 4) is 0 Å². The van der Waals surface area contributed by atoms with Crippen LogP contribution in [-0.2, 0) is 14.3 Å². The molecule has 0 spiro atoms. The van der Waals surface area contributed by atoms with Gasteiger partial charge in [0.15, 0.2) is 0 Å². The van der Waals surface area contributed by atoms with Crippen LogP contribution >= 0.6 is 0 Å². The molecule has 0 saturated carbocycles. The largest absolute Gasteiger partial charge is 0.633 e. The molecule has 3 N–H and O–H groups in total. The molecule has 6 nitrogen and oxygen atoms in total. The first-order valence-corrected chi connectivity index (χ1v) is 11.1. The Morgan fingerprint density at radius 1 is 0.778 bits per heavy atom. The van der Waals surface area contributed by atoms with Gasteiger partial charge in [0.1, 0.15) is 0 Å². The van der Waals surface area contributed by atoms with E-state index in [9.17, 15) is 4.79 Å². The number of carbonyl (C=O) groups excluding carboxylic acids is 1. The summed E-state index contributed by atoms with van der Waals surface area (Å²) in [7, 11) is -1.79. The molecule has 0 bridgehead atoms. The van der Waals surface area contributed by atoms with E-state index in [4.69, 9.17) is 14.9 Å². The smallest absolute Gasteiger partial charge is 0.402 e. The van der Waals surface area contributed by atoms with Gasteiger partial charge in [0, 0.05) is 13.0 Å². The van der Waals surface area contributed by atoms with E-state index >= 15 is 0 Å². The number of unbranched alkanes of at least 4 members (excludes halogenated alkanes) is 14. The lowest BCUT2D eigenvalue weighted by Crippen LogP contribution is -2.27.